The average molecular weight is 214 g/mol. The van der Waals surface area contributed by atoms with Crippen LogP contribution in [0.4, 0.5) is 8.78 Å². The zero-order valence-electron chi connectivity index (χ0n) is 7.18. The van der Waals surface area contributed by atoms with E-state index in [4.69, 9.17) is 15.3 Å². The molecule has 0 spiro atoms. The van der Waals surface area contributed by atoms with E-state index in [1.165, 1.54) is 0 Å². The molecule has 4 N–H and O–H groups in total. The molecule has 0 saturated carbocycles. The van der Waals surface area contributed by atoms with E-state index in [1.54, 1.807) is 0 Å². The highest BCUT2D eigenvalue weighted by Crippen LogP contribution is 2.30. The second-order valence-electron chi connectivity index (χ2n) is 3.20. The van der Waals surface area contributed by atoms with Gasteiger partial charge < -0.3 is 25.2 Å². The van der Waals surface area contributed by atoms with E-state index < -0.39 is 43.6 Å². The molecule has 5 nitrogen and oxygen atoms in total. The highest BCUT2D eigenvalue weighted by Gasteiger charge is 2.54. The lowest BCUT2D eigenvalue weighted by atomic mass is 9.94. The molecule has 0 aromatic carbocycles. The van der Waals surface area contributed by atoms with E-state index in [-0.39, 0.29) is 0 Å². The second-order valence-corrected chi connectivity index (χ2v) is 3.20. The van der Waals surface area contributed by atoms with Gasteiger partial charge in [-0.2, -0.15) is 0 Å². The molecule has 84 valence electrons. The molecule has 1 aliphatic heterocycles. The Hall–Kier alpha value is -0.340. The van der Waals surface area contributed by atoms with Gasteiger partial charge in [0.15, 0.2) is 6.17 Å². The molecule has 3 unspecified atom stereocenters. The van der Waals surface area contributed by atoms with Gasteiger partial charge in [0.2, 0.25) is 5.79 Å². The van der Waals surface area contributed by atoms with E-state index in [0.717, 1.165) is 0 Å². The third kappa shape index (κ3) is 1.73. The van der Waals surface area contributed by atoms with Gasteiger partial charge in [0.25, 0.3) is 0 Å². The van der Waals surface area contributed by atoms with Crippen LogP contribution < -0.4 is 0 Å². The lowest BCUT2D eigenvalue weighted by Crippen LogP contribution is -2.64. The first-order valence-corrected chi connectivity index (χ1v) is 4.03. The zero-order valence-corrected chi connectivity index (χ0v) is 7.18. The SMILES string of the molecule is OCC1O[C@@](O)(CF)C(F)C(O)[C@@H]1O. The van der Waals surface area contributed by atoms with Crippen LogP contribution in [0.15, 0.2) is 0 Å². The zero-order chi connectivity index (χ0) is 10.9. The fourth-order valence-corrected chi connectivity index (χ4v) is 1.31. The molecule has 0 radical (unpaired) electrons. The number of halogens is 2. The van der Waals surface area contributed by atoms with Gasteiger partial charge in [0.05, 0.1) is 6.61 Å². The van der Waals surface area contributed by atoms with Crippen molar-refractivity contribution in [2.45, 2.75) is 30.3 Å². The number of hydrogen-bond donors (Lipinski definition) is 4. The molecule has 1 fully saturated rings. The van der Waals surface area contributed by atoms with Crippen molar-refractivity contribution in [2.75, 3.05) is 13.3 Å². The summed E-state index contributed by atoms with van der Waals surface area (Å²) < 4.78 is 29.7. The number of aliphatic hydroxyl groups is 4. The number of ether oxygens (including phenoxy) is 1. The maximum atomic E-state index is 13.1. The standard InChI is InChI=1S/C7H12F2O5/c8-2-7(13)6(9)5(12)4(11)3(1-10)14-7/h3-6,10-13H,1-2H2/t3?,4-,5?,6?,7+/m1/s1. The normalized spacial score (nSPS) is 49.3. The summed E-state index contributed by atoms with van der Waals surface area (Å²) >= 11 is 0. The summed E-state index contributed by atoms with van der Waals surface area (Å²) in [4.78, 5) is 0. The molecule has 1 heterocycles. The first-order chi connectivity index (χ1) is 6.46. The van der Waals surface area contributed by atoms with Gasteiger partial charge in [-0.3, -0.25) is 0 Å². The molecule has 0 aliphatic carbocycles. The van der Waals surface area contributed by atoms with Crippen molar-refractivity contribution in [1.29, 1.82) is 0 Å². The third-order valence-corrected chi connectivity index (χ3v) is 2.19. The Bertz CT molecular complexity index is 203. The van der Waals surface area contributed by atoms with Crippen LogP contribution in [0.3, 0.4) is 0 Å². The Morgan fingerprint density at radius 3 is 2.29 bits per heavy atom. The lowest BCUT2D eigenvalue weighted by Gasteiger charge is -2.42. The van der Waals surface area contributed by atoms with Gasteiger partial charge in [-0.25, -0.2) is 8.78 Å². The average Bonchev–Trinajstić information content (AvgIpc) is 2.20. The molecule has 1 rings (SSSR count). The molecule has 14 heavy (non-hydrogen) atoms. The molecule has 1 saturated heterocycles. The van der Waals surface area contributed by atoms with Gasteiger partial charge in [-0.1, -0.05) is 0 Å². The predicted molar refractivity (Wildman–Crippen MR) is 39.8 cm³/mol. The molecule has 0 aromatic rings. The first-order valence-electron chi connectivity index (χ1n) is 4.03. The number of alkyl halides is 2. The minimum Gasteiger partial charge on any atom is -0.394 e. The van der Waals surface area contributed by atoms with E-state index in [1.807, 2.05) is 0 Å². The molecular weight excluding hydrogens is 202 g/mol. The highest BCUT2D eigenvalue weighted by atomic mass is 19.1. The van der Waals surface area contributed by atoms with Crippen LogP contribution in [0.25, 0.3) is 0 Å². The topological polar surface area (TPSA) is 90.2 Å². The molecule has 0 aromatic heterocycles. The predicted octanol–water partition coefficient (Wildman–Crippen LogP) is -1.90. The highest BCUT2D eigenvalue weighted by molar-refractivity contribution is 4.96. The van der Waals surface area contributed by atoms with Crippen LogP contribution in [-0.4, -0.2) is 64.0 Å². The van der Waals surface area contributed by atoms with Crippen LogP contribution in [0.5, 0.6) is 0 Å². The summed E-state index contributed by atoms with van der Waals surface area (Å²) in [6, 6.07) is 0. The summed E-state index contributed by atoms with van der Waals surface area (Å²) in [5.41, 5.74) is 0. The maximum absolute atomic E-state index is 13.1. The van der Waals surface area contributed by atoms with E-state index >= 15 is 0 Å². The molecule has 7 heteroatoms. The van der Waals surface area contributed by atoms with Crippen molar-refractivity contribution in [3.05, 3.63) is 0 Å². The van der Waals surface area contributed by atoms with Gasteiger partial charge in [-0.15, -0.1) is 0 Å². The molecule has 5 atom stereocenters. The van der Waals surface area contributed by atoms with Crippen molar-refractivity contribution in [3.8, 4) is 0 Å². The maximum Gasteiger partial charge on any atom is 0.230 e. The lowest BCUT2D eigenvalue weighted by molar-refractivity contribution is -0.338. The van der Waals surface area contributed by atoms with Crippen molar-refractivity contribution < 1.29 is 33.9 Å². The number of hydrogen-bond acceptors (Lipinski definition) is 5. The summed E-state index contributed by atoms with van der Waals surface area (Å²) in [7, 11) is 0. The van der Waals surface area contributed by atoms with Crippen LogP contribution >= 0.6 is 0 Å². The summed E-state index contributed by atoms with van der Waals surface area (Å²) in [6.45, 7) is -2.33. The first kappa shape index (κ1) is 11.7. The molecular formula is C7H12F2O5. The Balaban J connectivity index is 2.84. The fraction of sp³-hybridized carbons (Fsp3) is 1.00. The minimum atomic E-state index is -2.80. The largest absolute Gasteiger partial charge is 0.394 e. The quantitative estimate of drug-likeness (QED) is 0.431. The fourth-order valence-electron chi connectivity index (χ4n) is 1.31. The number of aliphatic hydroxyl groups excluding tert-OH is 3. The van der Waals surface area contributed by atoms with Crippen LogP contribution in [0, 0.1) is 0 Å². The van der Waals surface area contributed by atoms with Gasteiger partial charge in [0.1, 0.15) is 25.0 Å². The Morgan fingerprint density at radius 2 is 1.86 bits per heavy atom. The van der Waals surface area contributed by atoms with E-state index in [2.05, 4.69) is 4.74 Å². The van der Waals surface area contributed by atoms with Gasteiger partial charge in [0, 0.05) is 0 Å². The van der Waals surface area contributed by atoms with Crippen molar-refractivity contribution >= 4 is 0 Å². The van der Waals surface area contributed by atoms with E-state index in [0.29, 0.717) is 0 Å². The smallest absolute Gasteiger partial charge is 0.230 e. The Morgan fingerprint density at radius 1 is 1.29 bits per heavy atom. The molecule has 1 aliphatic rings. The third-order valence-electron chi connectivity index (χ3n) is 2.19. The number of rotatable bonds is 2. The second kappa shape index (κ2) is 4.03. The van der Waals surface area contributed by atoms with Gasteiger partial charge >= 0.3 is 0 Å². The summed E-state index contributed by atoms with van der Waals surface area (Å²) in [5.74, 6) is -2.80. The van der Waals surface area contributed by atoms with Crippen LogP contribution in [0.1, 0.15) is 0 Å². The minimum absolute atomic E-state index is 0.757. The van der Waals surface area contributed by atoms with Crippen molar-refractivity contribution in [1.82, 2.24) is 0 Å². The van der Waals surface area contributed by atoms with E-state index in [9.17, 15) is 13.9 Å². The molecule has 0 bridgehead atoms. The Labute approximate surface area is 78.5 Å². The van der Waals surface area contributed by atoms with Crippen LogP contribution in [0.2, 0.25) is 0 Å². The van der Waals surface area contributed by atoms with Crippen molar-refractivity contribution in [3.63, 3.8) is 0 Å². The Kier molecular flexibility index (Phi) is 3.38. The molecule has 0 amide bonds. The monoisotopic (exact) mass is 214 g/mol. The summed E-state index contributed by atoms with van der Waals surface area (Å²) in [5, 5.41) is 36.0. The summed E-state index contributed by atoms with van der Waals surface area (Å²) in [6.07, 6.45) is -7.54. The van der Waals surface area contributed by atoms with Crippen LogP contribution in [-0.2, 0) is 4.74 Å². The van der Waals surface area contributed by atoms with Gasteiger partial charge in [-0.05, 0) is 0 Å². The van der Waals surface area contributed by atoms with Crippen molar-refractivity contribution in [2.24, 2.45) is 0 Å².